The van der Waals surface area contributed by atoms with Crippen molar-refractivity contribution in [2.24, 2.45) is 0 Å². The van der Waals surface area contributed by atoms with Gasteiger partial charge in [-0.25, -0.2) is 0 Å². The van der Waals surface area contributed by atoms with E-state index in [4.69, 9.17) is 18.9 Å². The van der Waals surface area contributed by atoms with Gasteiger partial charge in [0.2, 0.25) is 0 Å². The smallest absolute Gasteiger partial charge is 0.127 e. The molecule has 0 aliphatic heterocycles. The zero-order valence-corrected chi connectivity index (χ0v) is 33.5. The van der Waals surface area contributed by atoms with E-state index in [1.165, 1.54) is 0 Å². The first-order chi connectivity index (χ1) is 29.7. The first-order valence-corrected chi connectivity index (χ1v) is 20.3. The Morgan fingerprint density at radius 1 is 0.367 bits per heavy atom. The average molecular weight is 783 g/mol. The highest BCUT2D eigenvalue weighted by atomic mass is 16.5. The van der Waals surface area contributed by atoms with Gasteiger partial charge in [-0.1, -0.05) is 109 Å². The van der Waals surface area contributed by atoms with Gasteiger partial charge in [-0.3, -0.25) is 9.97 Å². The fourth-order valence-corrected chi connectivity index (χ4v) is 8.89. The molecule has 10 rings (SSSR count). The lowest BCUT2D eigenvalue weighted by molar-refractivity contribution is 0.146. The third-order valence-electron chi connectivity index (χ3n) is 11.4. The Balaban J connectivity index is 1.29. The molecule has 2 aromatic heterocycles. The number of aromatic nitrogens is 2. The molecule has 60 heavy (non-hydrogen) atoms. The van der Waals surface area contributed by atoms with Crippen LogP contribution < -0.4 is 9.47 Å². The van der Waals surface area contributed by atoms with Crippen molar-refractivity contribution >= 4 is 53.9 Å². The van der Waals surface area contributed by atoms with Crippen molar-refractivity contribution in [1.29, 1.82) is 0 Å². The topological polar surface area (TPSA) is 62.7 Å². The monoisotopic (exact) mass is 782 g/mol. The summed E-state index contributed by atoms with van der Waals surface area (Å²) in [7, 11) is 3.40. The van der Waals surface area contributed by atoms with Gasteiger partial charge in [0.05, 0.1) is 13.2 Å². The van der Waals surface area contributed by atoms with Crippen LogP contribution in [0.4, 0.5) is 0 Å². The lowest BCUT2D eigenvalue weighted by Crippen LogP contribution is -2.06. The lowest BCUT2D eigenvalue weighted by Gasteiger charge is -2.22. The molecular formula is C54H42N2O4. The molecule has 2 heterocycles. The minimum atomic E-state index is 0.398. The van der Waals surface area contributed by atoms with Gasteiger partial charge in [0.25, 0.3) is 0 Å². The molecule has 0 aliphatic rings. The number of ether oxygens (including phenoxy) is 4. The first-order valence-electron chi connectivity index (χ1n) is 20.3. The highest BCUT2D eigenvalue weighted by Gasteiger charge is 2.23. The van der Waals surface area contributed by atoms with Crippen molar-refractivity contribution in [3.05, 3.63) is 170 Å². The van der Waals surface area contributed by atoms with Crippen LogP contribution in [0.25, 0.3) is 98.4 Å². The second kappa shape index (κ2) is 16.3. The van der Waals surface area contributed by atoms with E-state index < -0.39 is 0 Å². The summed E-state index contributed by atoms with van der Waals surface area (Å²) in [5.74, 6) is 1.55. The van der Waals surface area contributed by atoms with Crippen molar-refractivity contribution in [1.82, 2.24) is 9.97 Å². The van der Waals surface area contributed by atoms with Gasteiger partial charge in [-0.05, 0) is 101 Å². The van der Waals surface area contributed by atoms with E-state index in [1.807, 2.05) is 36.9 Å². The number of fused-ring (bicyclic) bond motifs is 5. The highest BCUT2D eigenvalue weighted by Crippen LogP contribution is 2.50. The van der Waals surface area contributed by atoms with Crippen LogP contribution in [0.3, 0.4) is 0 Å². The average Bonchev–Trinajstić information content (AvgIpc) is 3.30. The zero-order valence-electron chi connectivity index (χ0n) is 33.5. The predicted octanol–water partition coefficient (Wildman–Crippen LogP) is 13.0. The normalized spacial score (nSPS) is 11.6. The summed E-state index contributed by atoms with van der Waals surface area (Å²) in [6.45, 7) is 1.71. The van der Waals surface area contributed by atoms with E-state index in [1.54, 1.807) is 14.2 Å². The maximum absolute atomic E-state index is 6.68. The second-order valence-electron chi connectivity index (χ2n) is 14.9. The second-order valence-corrected chi connectivity index (χ2v) is 14.9. The van der Waals surface area contributed by atoms with Crippen LogP contribution in [-0.2, 0) is 9.47 Å². The van der Waals surface area contributed by atoms with E-state index in [9.17, 15) is 0 Å². The summed E-state index contributed by atoms with van der Waals surface area (Å²) in [5, 5.41) is 11.2. The molecular weight excluding hydrogens is 741 g/mol. The Hall–Kier alpha value is -7.12. The SMILES string of the molecule is COCCOc1cc2cc(OCCOC)c(-c3c4ccccc4c(-c4cccnc4)c4ccccc34)cc2cc1-c1c2ccccc2c(-c2cccnc2)c2ccccc12. The molecule has 0 bridgehead atoms. The predicted molar refractivity (Wildman–Crippen MR) is 246 cm³/mol. The first kappa shape index (κ1) is 37.2. The Morgan fingerprint density at radius 3 is 1.02 bits per heavy atom. The standard InChI is InChI=1S/C54H42N2O4/c1-57-25-27-59-49-31-38-32-50(60-28-26-58-2)48(54-45-21-9-5-17-41(45)52(36-14-12-24-56-34-36)42-18-6-10-22-46(42)54)30-37(38)29-47(49)53-43-19-7-3-15-39(43)51(35-13-11-23-55-33-35)40-16-4-8-20-44(40)53/h3-24,29-34H,25-28H2,1-2H3. The summed E-state index contributed by atoms with van der Waals surface area (Å²) >= 11 is 0. The molecule has 0 aliphatic carbocycles. The fourth-order valence-electron chi connectivity index (χ4n) is 8.89. The zero-order chi connectivity index (χ0) is 40.4. The minimum absolute atomic E-state index is 0.398. The lowest BCUT2D eigenvalue weighted by atomic mass is 9.84. The Morgan fingerprint density at radius 2 is 0.700 bits per heavy atom. The summed E-state index contributed by atoms with van der Waals surface area (Å²) in [6, 6.07) is 51.9. The van der Waals surface area contributed by atoms with Gasteiger partial charge in [0.15, 0.2) is 0 Å². The van der Waals surface area contributed by atoms with Gasteiger partial charge in [-0.2, -0.15) is 0 Å². The molecule has 0 atom stereocenters. The summed E-state index contributed by atoms with van der Waals surface area (Å²) in [4.78, 5) is 9.03. The summed E-state index contributed by atoms with van der Waals surface area (Å²) < 4.78 is 24.3. The van der Waals surface area contributed by atoms with Crippen LogP contribution in [0.5, 0.6) is 11.5 Å². The van der Waals surface area contributed by atoms with Gasteiger partial charge >= 0.3 is 0 Å². The molecule has 0 fully saturated rings. The number of pyridine rings is 2. The molecule has 6 nitrogen and oxygen atoms in total. The molecule has 8 aromatic carbocycles. The number of benzene rings is 8. The third-order valence-corrected chi connectivity index (χ3v) is 11.4. The molecule has 0 saturated carbocycles. The van der Waals surface area contributed by atoms with E-state index in [-0.39, 0.29) is 0 Å². The number of nitrogens with zero attached hydrogens (tertiary/aromatic N) is 2. The molecule has 0 unspecified atom stereocenters. The quantitative estimate of drug-likeness (QED) is 0.0908. The van der Waals surface area contributed by atoms with Gasteiger partial charge in [0, 0.05) is 72.4 Å². The highest BCUT2D eigenvalue weighted by molar-refractivity contribution is 6.24. The van der Waals surface area contributed by atoms with Gasteiger partial charge in [-0.15, -0.1) is 0 Å². The van der Waals surface area contributed by atoms with Crippen molar-refractivity contribution in [2.75, 3.05) is 40.6 Å². The van der Waals surface area contributed by atoms with Gasteiger partial charge in [0.1, 0.15) is 24.7 Å². The molecule has 292 valence electrons. The van der Waals surface area contributed by atoms with E-state index in [2.05, 4.69) is 143 Å². The maximum atomic E-state index is 6.68. The Labute approximate surface area is 348 Å². The van der Waals surface area contributed by atoms with Crippen LogP contribution in [0.2, 0.25) is 0 Å². The molecule has 0 spiro atoms. The van der Waals surface area contributed by atoms with E-state index >= 15 is 0 Å². The largest absolute Gasteiger partial charge is 0.491 e. The Bertz CT molecular complexity index is 2860. The van der Waals surface area contributed by atoms with Crippen molar-refractivity contribution in [2.45, 2.75) is 0 Å². The summed E-state index contributed by atoms with van der Waals surface area (Å²) in [5.41, 5.74) is 8.71. The Kier molecular flexibility index (Phi) is 10.1. The molecule has 0 amide bonds. The van der Waals surface area contributed by atoms with Crippen molar-refractivity contribution in [3.63, 3.8) is 0 Å². The number of rotatable bonds is 12. The van der Waals surface area contributed by atoms with Crippen LogP contribution in [0.1, 0.15) is 0 Å². The van der Waals surface area contributed by atoms with E-state index in [0.717, 1.165) is 110 Å². The number of methoxy groups -OCH3 is 2. The van der Waals surface area contributed by atoms with Crippen LogP contribution in [0.15, 0.2) is 170 Å². The number of hydrogen-bond acceptors (Lipinski definition) is 6. The third kappa shape index (κ3) is 6.56. The molecule has 10 aromatic rings. The maximum Gasteiger partial charge on any atom is 0.127 e. The molecule has 0 saturated heterocycles. The minimum Gasteiger partial charge on any atom is -0.491 e. The molecule has 0 N–H and O–H groups in total. The molecule has 0 radical (unpaired) electrons. The van der Waals surface area contributed by atoms with Gasteiger partial charge < -0.3 is 18.9 Å². The van der Waals surface area contributed by atoms with E-state index in [0.29, 0.717) is 26.4 Å². The number of hydrogen-bond donors (Lipinski definition) is 0. The molecule has 6 heteroatoms. The van der Waals surface area contributed by atoms with Crippen LogP contribution >= 0.6 is 0 Å². The fraction of sp³-hybridized carbons (Fsp3) is 0.111. The summed E-state index contributed by atoms with van der Waals surface area (Å²) in [6.07, 6.45) is 7.55. The van der Waals surface area contributed by atoms with Crippen molar-refractivity contribution in [3.8, 4) is 56.0 Å². The van der Waals surface area contributed by atoms with Crippen molar-refractivity contribution < 1.29 is 18.9 Å². The van der Waals surface area contributed by atoms with Crippen LogP contribution in [-0.4, -0.2) is 50.6 Å². The van der Waals surface area contributed by atoms with Crippen LogP contribution in [0, 0.1) is 0 Å².